The fourth-order valence-electron chi connectivity index (χ4n) is 2.82. The smallest absolute Gasteiger partial charge is 0.195 e. The summed E-state index contributed by atoms with van der Waals surface area (Å²) in [6.07, 6.45) is 2.99. The molecule has 8 heteroatoms. The van der Waals surface area contributed by atoms with Crippen molar-refractivity contribution in [1.29, 1.82) is 0 Å². The minimum absolute atomic E-state index is 0.0135. The number of nitrogens with zero attached hydrogens (tertiary/aromatic N) is 5. The summed E-state index contributed by atoms with van der Waals surface area (Å²) in [6.45, 7) is 0.882. The quantitative estimate of drug-likeness (QED) is 0.781. The molecular formula is C15H13ClFN5O. The number of phenolic OH excluding ortho intramolecular Hbond substituents is 1. The van der Waals surface area contributed by atoms with Gasteiger partial charge in [0.05, 0.1) is 12.1 Å². The Morgan fingerprint density at radius 1 is 1.30 bits per heavy atom. The molecule has 1 aromatic carbocycles. The van der Waals surface area contributed by atoms with Crippen LogP contribution in [-0.4, -0.2) is 43.9 Å². The van der Waals surface area contributed by atoms with Crippen LogP contribution in [0.4, 0.5) is 10.2 Å². The summed E-state index contributed by atoms with van der Waals surface area (Å²) in [6, 6.07) is 4.79. The second-order valence-electron chi connectivity index (χ2n) is 5.46. The highest BCUT2D eigenvalue weighted by Gasteiger charge is 2.26. The number of halogens is 2. The first-order chi connectivity index (χ1) is 11.1. The number of hydrogen-bond donors (Lipinski definition) is 1. The number of rotatable bonds is 2. The van der Waals surface area contributed by atoms with Gasteiger partial charge in [0.25, 0.3) is 0 Å². The molecule has 1 N–H and O–H groups in total. The van der Waals surface area contributed by atoms with Crippen LogP contribution in [0.3, 0.4) is 0 Å². The number of benzene rings is 1. The minimum Gasteiger partial charge on any atom is -0.507 e. The molecular weight excluding hydrogens is 321 g/mol. The number of aromatic nitrogens is 4. The molecule has 0 amide bonds. The van der Waals surface area contributed by atoms with Gasteiger partial charge in [-0.05, 0) is 24.6 Å². The van der Waals surface area contributed by atoms with Gasteiger partial charge in [-0.2, -0.15) is 0 Å². The van der Waals surface area contributed by atoms with Gasteiger partial charge in [0.1, 0.15) is 11.9 Å². The molecule has 23 heavy (non-hydrogen) atoms. The van der Waals surface area contributed by atoms with Crippen LogP contribution in [-0.2, 0) is 0 Å². The van der Waals surface area contributed by atoms with Gasteiger partial charge < -0.3 is 10.0 Å². The van der Waals surface area contributed by atoms with Gasteiger partial charge >= 0.3 is 0 Å². The van der Waals surface area contributed by atoms with E-state index in [1.807, 2.05) is 4.90 Å². The van der Waals surface area contributed by atoms with Crippen molar-refractivity contribution < 1.29 is 9.50 Å². The largest absolute Gasteiger partial charge is 0.507 e. The molecule has 0 spiro atoms. The summed E-state index contributed by atoms with van der Waals surface area (Å²) in [4.78, 5) is 6.15. The van der Waals surface area contributed by atoms with Gasteiger partial charge in [-0.15, -0.1) is 10.2 Å². The first-order valence-electron chi connectivity index (χ1n) is 7.21. The summed E-state index contributed by atoms with van der Waals surface area (Å²) in [5.74, 6) is 1.01. The molecule has 1 aliphatic rings. The van der Waals surface area contributed by atoms with Crippen LogP contribution < -0.4 is 4.90 Å². The van der Waals surface area contributed by atoms with Crippen molar-refractivity contribution >= 4 is 23.1 Å². The lowest BCUT2D eigenvalue weighted by atomic mass is 10.2. The van der Waals surface area contributed by atoms with Crippen molar-refractivity contribution in [3.05, 3.63) is 35.6 Å². The molecule has 2 aromatic heterocycles. The molecule has 3 heterocycles. The van der Waals surface area contributed by atoms with Crippen molar-refractivity contribution in [2.45, 2.75) is 12.6 Å². The predicted octanol–water partition coefficient (Wildman–Crippen LogP) is 2.70. The Morgan fingerprint density at radius 3 is 2.91 bits per heavy atom. The van der Waals surface area contributed by atoms with Crippen LogP contribution in [0.5, 0.6) is 5.75 Å². The number of anilines is 1. The highest BCUT2D eigenvalue weighted by molar-refractivity contribution is 6.30. The SMILES string of the molecule is Oc1cc(Cl)ccc1-c1nnc(N2CCC(F)C2)c2nccn12. The highest BCUT2D eigenvalue weighted by Crippen LogP contribution is 2.32. The molecule has 1 aliphatic heterocycles. The van der Waals surface area contributed by atoms with Gasteiger partial charge in [0.15, 0.2) is 17.3 Å². The second kappa shape index (κ2) is 5.34. The van der Waals surface area contributed by atoms with Gasteiger partial charge in [-0.3, -0.25) is 4.40 Å². The number of hydrogen-bond acceptors (Lipinski definition) is 5. The lowest BCUT2D eigenvalue weighted by Crippen LogP contribution is -2.23. The molecule has 118 valence electrons. The van der Waals surface area contributed by atoms with E-state index in [1.54, 1.807) is 28.9 Å². The maximum absolute atomic E-state index is 13.5. The van der Waals surface area contributed by atoms with Crippen molar-refractivity contribution in [1.82, 2.24) is 19.6 Å². The van der Waals surface area contributed by atoms with Crippen LogP contribution >= 0.6 is 11.6 Å². The van der Waals surface area contributed by atoms with E-state index in [2.05, 4.69) is 15.2 Å². The average molecular weight is 334 g/mol. The van der Waals surface area contributed by atoms with E-state index in [0.29, 0.717) is 47.4 Å². The van der Waals surface area contributed by atoms with E-state index < -0.39 is 6.17 Å². The molecule has 4 rings (SSSR count). The Kier molecular flexibility index (Phi) is 3.30. The molecule has 0 radical (unpaired) electrons. The minimum atomic E-state index is -0.855. The van der Waals surface area contributed by atoms with Crippen LogP contribution in [0.25, 0.3) is 17.0 Å². The van der Waals surface area contributed by atoms with Gasteiger partial charge in [0.2, 0.25) is 0 Å². The van der Waals surface area contributed by atoms with E-state index >= 15 is 0 Å². The van der Waals surface area contributed by atoms with Gasteiger partial charge in [-0.25, -0.2) is 9.37 Å². The molecule has 0 aliphatic carbocycles. The number of phenols is 1. The zero-order valence-electron chi connectivity index (χ0n) is 12.0. The van der Waals surface area contributed by atoms with Crippen LogP contribution in [0.2, 0.25) is 5.02 Å². The van der Waals surface area contributed by atoms with Gasteiger partial charge in [0, 0.05) is 24.0 Å². The van der Waals surface area contributed by atoms with E-state index in [4.69, 9.17) is 11.6 Å². The summed E-state index contributed by atoms with van der Waals surface area (Å²) in [5.41, 5.74) is 1.08. The standard InChI is InChI=1S/C15H13ClFN5O/c16-9-1-2-11(12(23)7-9)13-19-20-15(14-18-4-6-22(13)14)21-5-3-10(17)8-21/h1-2,4,6-7,10,23H,3,5,8H2. The number of imidazole rings is 1. The molecule has 1 saturated heterocycles. The summed E-state index contributed by atoms with van der Waals surface area (Å²) >= 11 is 5.87. The molecule has 0 saturated carbocycles. The van der Waals surface area contributed by atoms with E-state index in [9.17, 15) is 9.50 Å². The first kappa shape index (κ1) is 14.2. The van der Waals surface area contributed by atoms with E-state index in [-0.39, 0.29) is 5.75 Å². The van der Waals surface area contributed by atoms with Crippen molar-refractivity contribution in [3.63, 3.8) is 0 Å². The average Bonchev–Trinajstić information content (AvgIpc) is 3.16. The Hall–Kier alpha value is -2.41. The zero-order chi connectivity index (χ0) is 16.0. The Labute approximate surface area is 136 Å². The van der Waals surface area contributed by atoms with Crippen LogP contribution in [0.1, 0.15) is 6.42 Å². The fourth-order valence-corrected chi connectivity index (χ4v) is 2.99. The Bertz CT molecular complexity index is 883. The van der Waals surface area contributed by atoms with E-state index in [1.165, 1.54) is 6.07 Å². The third kappa shape index (κ3) is 2.37. The van der Waals surface area contributed by atoms with E-state index in [0.717, 1.165) is 0 Å². The second-order valence-corrected chi connectivity index (χ2v) is 5.90. The summed E-state index contributed by atoms with van der Waals surface area (Å²) in [5, 5.41) is 19.0. The highest BCUT2D eigenvalue weighted by atomic mass is 35.5. The lowest BCUT2D eigenvalue weighted by Gasteiger charge is -2.17. The van der Waals surface area contributed by atoms with Crippen molar-refractivity contribution in [2.24, 2.45) is 0 Å². The monoisotopic (exact) mass is 333 g/mol. The fraction of sp³-hybridized carbons (Fsp3) is 0.267. The summed E-state index contributed by atoms with van der Waals surface area (Å²) in [7, 11) is 0. The summed E-state index contributed by atoms with van der Waals surface area (Å²) < 4.78 is 15.2. The normalized spacial score (nSPS) is 18.0. The maximum atomic E-state index is 13.5. The topological polar surface area (TPSA) is 66.6 Å². The molecule has 0 bridgehead atoms. The third-order valence-electron chi connectivity index (χ3n) is 3.94. The van der Waals surface area contributed by atoms with Gasteiger partial charge in [-0.1, -0.05) is 11.6 Å². The number of alkyl halides is 1. The van der Waals surface area contributed by atoms with Crippen LogP contribution in [0.15, 0.2) is 30.6 Å². The predicted molar refractivity (Wildman–Crippen MR) is 84.6 cm³/mol. The molecule has 6 nitrogen and oxygen atoms in total. The molecule has 1 unspecified atom stereocenters. The first-order valence-corrected chi connectivity index (χ1v) is 7.59. The Balaban J connectivity index is 1.86. The maximum Gasteiger partial charge on any atom is 0.195 e. The number of aromatic hydroxyl groups is 1. The molecule has 1 fully saturated rings. The molecule has 1 atom stereocenters. The van der Waals surface area contributed by atoms with Crippen molar-refractivity contribution in [2.75, 3.05) is 18.0 Å². The third-order valence-corrected chi connectivity index (χ3v) is 4.17. The lowest BCUT2D eigenvalue weighted by molar-refractivity contribution is 0.364. The van der Waals surface area contributed by atoms with Crippen molar-refractivity contribution in [3.8, 4) is 17.1 Å². The van der Waals surface area contributed by atoms with Crippen LogP contribution in [0, 0.1) is 0 Å². The molecule has 3 aromatic rings. The zero-order valence-corrected chi connectivity index (χ0v) is 12.8. The Morgan fingerprint density at radius 2 is 2.17 bits per heavy atom. The number of fused-ring (bicyclic) bond motifs is 1.